The van der Waals surface area contributed by atoms with Crippen LogP contribution in [0.15, 0.2) is 36.4 Å². The Morgan fingerprint density at radius 2 is 1.07 bits per heavy atom. The van der Waals surface area contributed by atoms with Gasteiger partial charge in [-0.3, -0.25) is 0 Å². The number of benzene rings is 2. The molecule has 2 aliphatic carbocycles. The minimum absolute atomic E-state index is 0.0793. The Labute approximate surface area is 246 Å². The second kappa shape index (κ2) is 17.3. The molecule has 0 bridgehead atoms. The van der Waals surface area contributed by atoms with Crippen LogP contribution in [-0.4, -0.2) is 0 Å². The number of unbranched alkanes of at least 4 members (excludes halogenated alkanes) is 1. The van der Waals surface area contributed by atoms with Crippen LogP contribution < -0.4 is 0 Å². The highest BCUT2D eigenvalue weighted by atomic mass is 19.1. The highest BCUT2D eigenvalue weighted by Crippen LogP contribution is 2.32. The van der Waals surface area contributed by atoms with Gasteiger partial charge in [-0.15, -0.1) is 0 Å². The van der Waals surface area contributed by atoms with Crippen LogP contribution in [-0.2, 0) is 0 Å². The van der Waals surface area contributed by atoms with Gasteiger partial charge in [-0.1, -0.05) is 69.6 Å². The van der Waals surface area contributed by atoms with Crippen LogP contribution >= 0.6 is 0 Å². The van der Waals surface area contributed by atoms with E-state index in [1.807, 2.05) is 12.1 Å². The number of rotatable bonds is 5. The van der Waals surface area contributed by atoms with Gasteiger partial charge in [0.1, 0.15) is 23.8 Å². The molecule has 2 aromatic rings. The largest absolute Gasteiger partial charge is 0.206 e. The van der Waals surface area contributed by atoms with Crippen molar-refractivity contribution in [3.63, 3.8) is 0 Å². The monoisotopic (exact) mass is 552 g/mol. The summed E-state index contributed by atoms with van der Waals surface area (Å²) in [6.45, 7) is 4.49. The first-order chi connectivity index (χ1) is 19.9. The lowest BCUT2D eigenvalue weighted by Gasteiger charge is -2.25. The molecule has 0 saturated heterocycles. The zero-order chi connectivity index (χ0) is 29.5. The number of halogens is 2. The van der Waals surface area contributed by atoms with E-state index < -0.39 is 11.6 Å². The molecule has 0 heterocycles. The van der Waals surface area contributed by atoms with Crippen molar-refractivity contribution in [3.8, 4) is 35.8 Å². The maximum absolute atomic E-state index is 13.5. The maximum Gasteiger partial charge on any atom is 0.142 e. The van der Waals surface area contributed by atoms with E-state index >= 15 is 0 Å². The van der Waals surface area contributed by atoms with Gasteiger partial charge in [0.15, 0.2) is 0 Å². The van der Waals surface area contributed by atoms with Gasteiger partial charge in [0.25, 0.3) is 0 Å². The quantitative estimate of drug-likeness (QED) is 0.347. The van der Waals surface area contributed by atoms with E-state index in [0.29, 0.717) is 23.0 Å². The molecule has 214 valence electrons. The molecule has 2 saturated carbocycles. The molecule has 4 heteroatoms. The Bertz CT molecular complexity index is 1330. The number of hydrogen-bond donors (Lipinski definition) is 0. The standard InChI is InChI=1S/C19H22FN.C18H20FN/c1-2-3-4-15-5-7-16(8-6-15)9-10-17-11-12-18(14-21)19(20)13-17;1-2-3-14-4-6-15(7-5-14)8-9-16-10-11-17(13-20)18(19)12-16/h11-13,15-16H,2-8H2,1H3;10-12,14-15H,2-7H2,1H3/t15-,16-;14-,15-. The SMILES string of the molecule is CCCC[C@H]1CC[C@H](C#Cc2ccc(C#N)c(F)c2)CC1.CCC[C@H]1CC[C@H](C#Cc2ccc(C#N)c(F)c2)CC1. The van der Waals surface area contributed by atoms with Crippen molar-refractivity contribution < 1.29 is 8.78 Å². The third kappa shape index (κ3) is 10.7. The van der Waals surface area contributed by atoms with Crippen LogP contribution in [0, 0.1) is 81.7 Å². The van der Waals surface area contributed by atoms with Crippen LogP contribution in [0.2, 0.25) is 0 Å². The summed E-state index contributed by atoms with van der Waals surface area (Å²) < 4.78 is 27.0. The fourth-order valence-electron chi connectivity index (χ4n) is 5.83. The predicted octanol–water partition coefficient (Wildman–Crippen LogP) is 9.70. The molecule has 0 amide bonds. The van der Waals surface area contributed by atoms with E-state index in [1.165, 1.54) is 94.9 Å². The smallest absolute Gasteiger partial charge is 0.142 e. The molecule has 2 fully saturated rings. The Hall–Kier alpha value is -3.60. The summed E-state index contributed by atoms with van der Waals surface area (Å²) in [4.78, 5) is 0. The van der Waals surface area contributed by atoms with Crippen molar-refractivity contribution in [2.24, 2.45) is 23.7 Å². The van der Waals surface area contributed by atoms with Gasteiger partial charge in [-0.25, -0.2) is 8.78 Å². The fourth-order valence-corrected chi connectivity index (χ4v) is 5.83. The molecule has 0 aromatic heterocycles. The normalized spacial score (nSPS) is 21.4. The maximum atomic E-state index is 13.5. The Kier molecular flexibility index (Phi) is 13.4. The second-order valence-corrected chi connectivity index (χ2v) is 11.5. The van der Waals surface area contributed by atoms with Crippen LogP contribution in [0.25, 0.3) is 0 Å². The topological polar surface area (TPSA) is 47.6 Å². The van der Waals surface area contributed by atoms with Crippen LogP contribution in [0.5, 0.6) is 0 Å². The fraction of sp³-hybridized carbons (Fsp3) is 0.514. The molecule has 0 spiro atoms. The summed E-state index contributed by atoms with van der Waals surface area (Å²) in [7, 11) is 0. The lowest BCUT2D eigenvalue weighted by molar-refractivity contribution is 0.296. The summed E-state index contributed by atoms with van der Waals surface area (Å²) >= 11 is 0. The molecular weight excluding hydrogens is 510 g/mol. The molecule has 0 N–H and O–H groups in total. The Balaban J connectivity index is 0.000000226. The molecule has 4 rings (SSSR count). The van der Waals surface area contributed by atoms with E-state index in [0.717, 1.165) is 24.7 Å². The van der Waals surface area contributed by atoms with Gasteiger partial charge in [-0.05, 0) is 99.6 Å². The second-order valence-electron chi connectivity index (χ2n) is 11.5. The molecule has 0 radical (unpaired) electrons. The first-order valence-electron chi connectivity index (χ1n) is 15.4. The van der Waals surface area contributed by atoms with Crippen molar-refractivity contribution in [2.75, 3.05) is 0 Å². The summed E-state index contributed by atoms with van der Waals surface area (Å²) in [5.41, 5.74) is 1.49. The van der Waals surface area contributed by atoms with E-state index in [2.05, 4.69) is 37.5 Å². The summed E-state index contributed by atoms with van der Waals surface area (Å²) in [6.07, 6.45) is 16.3. The zero-order valence-corrected chi connectivity index (χ0v) is 24.6. The van der Waals surface area contributed by atoms with Gasteiger partial charge < -0.3 is 0 Å². The molecule has 0 unspecified atom stereocenters. The lowest BCUT2D eigenvalue weighted by atomic mass is 9.80. The summed E-state index contributed by atoms with van der Waals surface area (Å²) in [6, 6.07) is 12.8. The molecule has 2 nitrogen and oxygen atoms in total. The van der Waals surface area contributed by atoms with Crippen LogP contribution in [0.3, 0.4) is 0 Å². The Morgan fingerprint density at radius 3 is 1.44 bits per heavy atom. The molecule has 2 aliphatic rings. The van der Waals surface area contributed by atoms with E-state index in [1.54, 1.807) is 12.1 Å². The first kappa shape index (κ1) is 31.9. The Morgan fingerprint density at radius 1 is 0.634 bits per heavy atom. The predicted molar refractivity (Wildman–Crippen MR) is 161 cm³/mol. The third-order valence-electron chi connectivity index (χ3n) is 8.38. The van der Waals surface area contributed by atoms with Gasteiger partial charge in [0.05, 0.1) is 11.1 Å². The number of hydrogen-bond acceptors (Lipinski definition) is 2. The lowest BCUT2D eigenvalue weighted by Crippen LogP contribution is -2.13. The molecule has 2 aromatic carbocycles. The average molecular weight is 553 g/mol. The first-order valence-corrected chi connectivity index (χ1v) is 15.4. The molecular formula is C37H42F2N2. The van der Waals surface area contributed by atoms with Crippen molar-refractivity contribution in [3.05, 3.63) is 70.3 Å². The minimum Gasteiger partial charge on any atom is -0.206 e. The molecule has 41 heavy (non-hydrogen) atoms. The van der Waals surface area contributed by atoms with Crippen molar-refractivity contribution in [2.45, 2.75) is 97.3 Å². The highest BCUT2D eigenvalue weighted by molar-refractivity contribution is 5.42. The van der Waals surface area contributed by atoms with Crippen LogP contribution in [0.1, 0.15) is 120 Å². The summed E-state index contributed by atoms with van der Waals surface area (Å²) in [5, 5.41) is 17.4. The minimum atomic E-state index is -0.481. The van der Waals surface area contributed by atoms with Crippen molar-refractivity contribution in [1.82, 2.24) is 0 Å². The van der Waals surface area contributed by atoms with Crippen molar-refractivity contribution >= 4 is 0 Å². The van der Waals surface area contributed by atoms with E-state index in [-0.39, 0.29) is 11.1 Å². The van der Waals surface area contributed by atoms with E-state index in [4.69, 9.17) is 10.5 Å². The number of nitrogens with zero attached hydrogens (tertiary/aromatic N) is 2. The van der Waals surface area contributed by atoms with Gasteiger partial charge in [0.2, 0.25) is 0 Å². The molecule has 0 aliphatic heterocycles. The van der Waals surface area contributed by atoms with Crippen molar-refractivity contribution in [1.29, 1.82) is 10.5 Å². The van der Waals surface area contributed by atoms with Gasteiger partial charge >= 0.3 is 0 Å². The molecule has 0 atom stereocenters. The van der Waals surface area contributed by atoms with Crippen LogP contribution in [0.4, 0.5) is 8.78 Å². The van der Waals surface area contributed by atoms with Gasteiger partial charge in [0, 0.05) is 23.0 Å². The highest BCUT2D eigenvalue weighted by Gasteiger charge is 2.20. The van der Waals surface area contributed by atoms with Gasteiger partial charge in [-0.2, -0.15) is 10.5 Å². The summed E-state index contributed by atoms with van der Waals surface area (Å²) in [5.74, 6) is 14.4. The van der Waals surface area contributed by atoms with E-state index in [9.17, 15) is 8.78 Å². The zero-order valence-electron chi connectivity index (χ0n) is 24.6. The average Bonchev–Trinajstić information content (AvgIpc) is 3.00. The third-order valence-corrected chi connectivity index (χ3v) is 8.38. The number of nitriles is 2.